The zero-order chi connectivity index (χ0) is 31.3. The summed E-state index contributed by atoms with van der Waals surface area (Å²) < 4.78 is 11.1. The molecule has 1 heterocycles. The minimum Gasteiger partial charge on any atom is -0.423 e. The van der Waals surface area contributed by atoms with Gasteiger partial charge in [0.15, 0.2) is 0 Å². The van der Waals surface area contributed by atoms with Gasteiger partial charge in [-0.15, -0.1) is 0 Å². The van der Waals surface area contributed by atoms with Gasteiger partial charge in [0.05, 0.1) is 11.1 Å². The molecule has 0 bridgehead atoms. The second-order valence-electron chi connectivity index (χ2n) is 11.0. The Morgan fingerprint density at radius 3 is 1.30 bits per heavy atom. The third-order valence-corrected chi connectivity index (χ3v) is 7.95. The van der Waals surface area contributed by atoms with Crippen LogP contribution in [-0.4, -0.2) is 16.9 Å². The lowest BCUT2D eigenvalue weighted by Crippen LogP contribution is -2.09. The highest BCUT2D eigenvalue weighted by Gasteiger charge is 2.15. The van der Waals surface area contributed by atoms with Crippen LogP contribution >= 0.6 is 0 Å². The Hall–Kier alpha value is -6.20. The number of rotatable bonds is 8. The lowest BCUT2D eigenvalue weighted by molar-refractivity contribution is 0.0719. The van der Waals surface area contributed by atoms with E-state index in [-0.39, 0.29) is 0 Å². The van der Waals surface area contributed by atoms with Crippen LogP contribution in [0.15, 0.2) is 158 Å². The maximum absolute atomic E-state index is 12.8. The lowest BCUT2D eigenvalue weighted by atomic mass is 9.98. The number of carbonyl (C=O) groups excluding carboxylic acids is 2. The van der Waals surface area contributed by atoms with Crippen LogP contribution in [0, 0.1) is 0 Å². The van der Waals surface area contributed by atoms with Crippen molar-refractivity contribution in [3.63, 3.8) is 0 Å². The number of H-pyrrole nitrogens is 1. The summed E-state index contributed by atoms with van der Waals surface area (Å²) in [6, 6.07) is 45.6. The fourth-order valence-corrected chi connectivity index (χ4v) is 5.44. The maximum Gasteiger partial charge on any atom is 0.343 e. The van der Waals surface area contributed by atoms with Gasteiger partial charge in [0, 0.05) is 11.4 Å². The summed E-state index contributed by atoms with van der Waals surface area (Å²) in [5, 5.41) is 0. The molecular formula is C41H29NO4. The Labute approximate surface area is 267 Å². The minimum absolute atomic E-state index is 0.350. The van der Waals surface area contributed by atoms with Crippen LogP contribution in [0.2, 0.25) is 0 Å². The topological polar surface area (TPSA) is 68.4 Å². The Bertz CT molecular complexity index is 2050. The van der Waals surface area contributed by atoms with E-state index >= 15 is 0 Å². The molecule has 0 unspecified atom stereocenters. The van der Waals surface area contributed by atoms with Gasteiger partial charge in [-0.25, -0.2) is 9.59 Å². The molecule has 1 N–H and O–H groups in total. The average Bonchev–Trinajstić information content (AvgIpc) is 3.82. The van der Waals surface area contributed by atoms with Crippen LogP contribution in [-0.2, 0) is 0 Å². The molecule has 0 fully saturated rings. The summed E-state index contributed by atoms with van der Waals surface area (Å²) >= 11 is 0. The molecule has 5 heteroatoms. The first-order chi connectivity index (χ1) is 22.6. The monoisotopic (exact) mass is 599 g/mol. The Kier molecular flexibility index (Phi) is 7.95. The van der Waals surface area contributed by atoms with Gasteiger partial charge >= 0.3 is 11.9 Å². The number of aromatic nitrogens is 1. The fourth-order valence-electron chi connectivity index (χ4n) is 5.44. The van der Waals surface area contributed by atoms with Crippen molar-refractivity contribution in [3.05, 3.63) is 180 Å². The first-order valence-electron chi connectivity index (χ1n) is 15.0. The van der Waals surface area contributed by atoms with Crippen molar-refractivity contribution in [3.8, 4) is 34.0 Å². The predicted molar refractivity (Wildman–Crippen MR) is 181 cm³/mol. The number of hydrogen-bond acceptors (Lipinski definition) is 4. The van der Waals surface area contributed by atoms with Crippen molar-refractivity contribution in [2.75, 3.05) is 0 Å². The largest absolute Gasteiger partial charge is 0.423 e. The molecule has 0 aliphatic heterocycles. The summed E-state index contributed by atoms with van der Waals surface area (Å²) in [7, 11) is 0. The summed E-state index contributed by atoms with van der Waals surface area (Å²) in [6.45, 7) is 0. The maximum atomic E-state index is 12.8. The van der Waals surface area contributed by atoms with E-state index in [9.17, 15) is 9.59 Å². The van der Waals surface area contributed by atoms with Crippen LogP contribution in [0.1, 0.15) is 38.3 Å². The molecule has 7 rings (SSSR count). The first kappa shape index (κ1) is 28.6. The van der Waals surface area contributed by atoms with E-state index in [4.69, 9.17) is 9.47 Å². The van der Waals surface area contributed by atoms with Crippen molar-refractivity contribution >= 4 is 23.1 Å². The van der Waals surface area contributed by atoms with Gasteiger partial charge in [-0.05, 0) is 100 Å². The predicted octanol–water partition coefficient (Wildman–Crippen LogP) is 9.66. The first-order valence-corrected chi connectivity index (χ1v) is 15.0. The normalized spacial score (nSPS) is 12.3. The van der Waals surface area contributed by atoms with Gasteiger partial charge in [0.1, 0.15) is 11.5 Å². The van der Waals surface area contributed by atoms with E-state index in [0.29, 0.717) is 22.6 Å². The molecule has 0 saturated carbocycles. The van der Waals surface area contributed by atoms with Crippen molar-refractivity contribution in [2.45, 2.75) is 6.42 Å². The smallest absolute Gasteiger partial charge is 0.343 e. The molecule has 46 heavy (non-hydrogen) atoms. The number of nitrogens with one attached hydrogen (secondary N) is 1. The summed E-state index contributed by atoms with van der Waals surface area (Å²) in [4.78, 5) is 29.0. The highest BCUT2D eigenvalue weighted by Crippen LogP contribution is 2.34. The molecule has 5 nitrogen and oxygen atoms in total. The van der Waals surface area contributed by atoms with Crippen molar-refractivity contribution < 1.29 is 19.1 Å². The van der Waals surface area contributed by atoms with Crippen LogP contribution in [0.25, 0.3) is 33.7 Å². The molecular weight excluding hydrogens is 570 g/mol. The van der Waals surface area contributed by atoms with Crippen LogP contribution < -0.4 is 9.47 Å². The quantitative estimate of drug-likeness (QED) is 0.140. The second-order valence-corrected chi connectivity index (χ2v) is 11.0. The molecule has 0 spiro atoms. The molecule has 222 valence electrons. The molecule has 6 aromatic rings. The molecule has 1 aliphatic rings. The third kappa shape index (κ3) is 6.35. The molecule has 1 aliphatic carbocycles. The lowest BCUT2D eigenvalue weighted by Gasteiger charge is -2.09. The number of allylic oxidation sites excluding steroid dienone is 4. The number of ether oxygens (including phenoxy) is 2. The third-order valence-electron chi connectivity index (χ3n) is 7.95. The van der Waals surface area contributed by atoms with Crippen molar-refractivity contribution in [1.29, 1.82) is 0 Å². The Morgan fingerprint density at radius 2 is 0.826 bits per heavy atom. The SMILES string of the molecule is O=C(Oc1ccc(OC(=O)c2ccc(-c3ccc(-c4ccccc4)[nH]3)cc2)cc1)c1ccc(C2=CC=C(c3ccccc3)C2)cc1. The van der Waals surface area contributed by atoms with Crippen LogP contribution in [0.5, 0.6) is 11.5 Å². The van der Waals surface area contributed by atoms with Crippen LogP contribution in [0.3, 0.4) is 0 Å². The van der Waals surface area contributed by atoms with Gasteiger partial charge in [-0.1, -0.05) is 97.1 Å². The van der Waals surface area contributed by atoms with E-state index in [0.717, 1.165) is 34.5 Å². The standard InChI is InChI=1S/C41H29NO4/c43-40(32-15-11-29(12-16-32)35-20-19-34(27-35)28-7-3-1-4-8-28)45-36-21-23-37(24-22-36)46-41(44)33-17-13-31(14-18-33)39-26-25-38(42-39)30-9-5-2-6-10-30/h1-26,42H,27H2. The van der Waals surface area contributed by atoms with Gasteiger partial charge in [0.2, 0.25) is 0 Å². The van der Waals surface area contributed by atoms with Gasteiger partial charge in [0.25, 0.3) is 0 Å². The average molecular weight is 600 g/mol. The van der Waals surface area contributed by atoms with Gasteiger partial charge < -0.3 is 14.5 Å². The molecule has 0 atom stereocenters. The molecule has 0 amide bonds. The minimum atomic E-state index is -0.476. The number of aromatic amines is 1. The molecule has 0 saturated heterocycles. The van der Waals surface area contributed by atoms with E-state index < -0.39 is 11.9 Å². The van der Waals surface area contributed by atoms with Crippen molar-refractivity contribution in [1.82, 2.24) is 4.98 Å². The van der Waals surface area contributed by atoms with Gasteiger partial charge in [-0.3, -0.25) is 0 Å². The van der Waals surface area contributed by atoms with E-state index in [1.54, 1.807) is 48.5 Å². The highest BCUT2D eigenvalue weighted by atomic mass is 16.5. The molecule has 0 radical (unpaired) electrons. The van der Waals surface area contributed by atoms with Crippen molar-refractivity contribution in [2.24, 2.45) is 0 Å². The zero-order valence-corrected chi connectivity index (χ0v) is 24.9. The Morgan fingerprint density at radius 1 is 0.435 bits per heavy atom. The molecule has 1 aromatic heterocycles. The van der Waals surface area contributed by atoms with E-state index in [1.807, 2.05) is 72.8 Å². The van der Waals surface area contributed by atoms with E-state index in [1.165, 1.54) is 16.7 Å². The van der Waals surface area contributed by atoms with Gasteiger partial charge in [-0.2, -0.15) is 0 Å². The molecule has 5 aromatic carbocycles. The highest BCUT2D eigenvalue weighted by molar-refractivity contribution is 5.93. The summed E-state index contributed by atoms with van der Waals surface area (Å²) in [6.07, 6.45) is 5.12. The number of carbonyl (C=O) groups is 2. The van der Waals surface area contributed by atoms with E-state index in [2.05, 4.69) is 41.4 Å². The van der Waals surface area contributed by atoms with Crippen LogP contribution in [0.4, 0.5) is 0 Å². The Balaban J connectivity index is 0.923. The fraction of sp³-hybridized carbons (Fsp3) is 0.0244. The number of benzene rings is 5. The second kappa shape index (κ2) is 12.8. The number of esters is 2. The zero-order valence-electron chi connectivity index (χ0n) is 24.9. The summed E-state index contributed by atoms with van der Waals surface area (Å²) in [5.41, 5.74) is 9.71. The number of hydrogen-bond donors (Lipinski definition) is 1. The summed E-state index contributed by atoms with van der Waals surface area (Å²) in [5.74, 6) is -0.230.